The van der Waals surface area contributed by atoms with Crippen LogP contribution in [0, 0.1) is 12.7 Å². The monoisotopic (exact) mass is 363 g/mol. The van der Waals surface area contributed by atoms with E-state index in [0.29, 0.717) is 17.2 Å². The number of hydrazone groups is 1. The zero-order valence-electron chi connectivity index (χ0n) is 14.2. The molecule has 0 aliphatic rings. The summed E-state index contributed by atoms with van der Waals surface area (Å²) in [6, 6.07) is 13.9. The van der Waals surface area contributed by atoms with Gasteiger partial charge in [0.2, 0.25) is 11.3 Å². The van der Waals surface area contributed by atoms with Crippen LogP contribution < -0.4 is 10.7 Å². The van der Waals surface area contributed by atoms with Crippen LogP contribution in [0.2, 0.25) is 0 Å². The molecule has 0 aliphatic carbocycles. The third-order valence-corrected chi connectivity index (χ3v) is 3.63. The van der Waals surface area contributed by atoms with Gasteiger partial charge in [-0.25, -0.2) is 14.0 Å². The van der Waals surface area contributed by atoms with Gasteiger partial charge in [0.25, 0.3) is 0 Å². The predicted octanol–water partition coefficient (Wildman–Crippen LogP) is 3.65. The quantitative estimate of drug-likeness (QED) is 0.412. The average molecular weight is 363 g/mol. The number of nitrogens with one attached hydrogen (secondary N) is 2. The van der Waals surface area contributed by atoms with E-state index < -0.39 is 0 Å². The highest BCUT2D eigenvalue weighted by Gasteiger charge is 2.12. The van der Waals surface area contributed by atoms with Gasteiger partial charge in [0.05, 0.1) is 6.21 Å². The summed E-state index contributed by atoms with van der Waals surface area (Å²) in [7, 11) is 0. The maximum Gasteiger partial charge on any atom is 0.245 e. The molecule has 0 saturated carbocycles. The molecule has 0 saturated heterocycles. The maximum absolute atomic E-state index is 13.3. The summed E-state index contributed by atoms with van der Waals surface area (Å²) in [6.45, 7) is 1.99. The number of fused-ring (bicyclic) bond motifs is 1. The molecule has 0 spiro atoms. The highest BCUT2D eigenvalue weighted by molar-refractivity contribution is 5.81. The second-order valence-electron chi connectivity index (χ2n) is 5.75. The van der Waals surface area contributed by atoms with Gasteiger partial charge in [-0.1, -0.05) is 24.3 Å². The molecule has 2 N–H and O–H groups in total. The molecule has 0 radical (unpaired) electrons. The van der Waals surface area contributed by atoms with E-state index in [-0.39, 0.29) is 17.1 Å². The summed E-state index contributed by atoms with van der Waals surface area (Å²) in [6.07, 6.45) is 1.48. The number of aryl methyl sites for hydroxylation is 1. The molecule has 9 heteroatoms. The van der Waals surface area contributed by atoms with E-state index in [1.807, 2.05) is 31.2 Å². The minimum Gasteiger partial charge on any atom is -0.337 e. The topological polar surface area (TPSA) is 101 Å². The van der Waals surface area contributed by atoms with Crippen molar-refractivity contribution in [2.45, 2.75) is 6.92 Å². The first-order valence-electron chi connectivity index (χ1n) is 8.06. The molecule has 0 unspecified atom stereocenters. The fourth-order valence-corrected chi connectivity index (χ4v) is 2.42. The minimum atomic E-state index is -0.337. The molecule has 2 aromatic carbocycles. The summed E-state index contributed by atoms with van der Waals surface area (Å²) < 4.78 is 17.9. The summed E-state index contributed by atoms with van der Waals surface area (Å²) in [4.78, 5) is 8.67. The van der Waals surface area contributed by atoms with Gasteiger partial charge < -0.3 is 5.32 Å². The number of hydrogen-bond acceptors (Lipinski definition) is 8. The van der Waals surface area contributed by atoms with Crippen molar-refractivity contribution in [2.75, 3.05) is 10.7 Å². The van der Waals surface area contributed by atoms with Gasteiger partial charge in [-0.05, 0) is 52.6 Å². The van der Waals surface area contributed by atoms with Gasteiger partial charge in [-0.15, -0.1) is 0 Å². The molecule has 0 atom stereocenters. The van der Waals surface area contributed by atoms with Crippen molar-refractivity contribution in [3.63, 3.8) is 0 Å². The lowest BCUT2D eigenvalue weighted by Crippen LogP contribution is -2.03. The Kier molecular flexibility index (Phi) is 4.40. The third kappa shape index (κ3) is 3.87. The van der Waals surface area contributed by atoms with Crippen LogP contribution in [-0.2, 0) is 0 Å². The number of hydrogen-bond donors (Lipinski definition) is 2. The number of anilines is 3. The van der Waals surface area contributed by atoms with Crippen molar-refractivity contribution in [3.05, 3.63) is 65.5 Å². The van der Waals surface area contributed by atoms with Gasteiger partial charge in [0.15, 0.2) is 11.6 Å². The third-order valence-electron chi connectivity index (χ3n) is 3.63. The fourth-order valence-electron chi connectivity index (χ4n) is 2.42. The smallest absolute Gasteiger partial charge is 0.245 e. The van der Waals surface area contributed by atoms with Crippen molar-refractivity contribution < 1.29 is 9.02 Å². The zero-order valence-corrected chi connectivity index (χ0v) is 14.2. The second kappa shape index (κ2) is 7.16. The number of halogens is 1. The standard InChI is InChI=1S/C18H14FN7O/c1-11-4-2-7-14(8-11)21-15-16(23-18-17(22-15)25-27-26-18)24-20-10-12-5-3-6-13(19)9-12/h2-10H,1H3,(H,21,22,25)(H,23,24,26)/b20-10-. The van der Waals surface area contributed by atoms with E-state index in [0.717, 1.165) is 11.3 Å². The number of nitrogens with zero attached hydrogens (tertiary/aromatic N) is 5. The van der Waals surface area contributed by atoms with Crippen molar-refractivity contribution in [2.24, 2.45) is 5.10 Å². The molecule has 2 heterocycles. The van der Waals surface area contributed by atoms with Crippen LogP contribution in [0.1, 0.15) is 11.1 Å². The number of rotatable bonds is 5. The van der Waals surface area contributed by atoms with E-state index in [2.05, 4.69) is 40.8 Å². The van der Waals surface area contributed by atoms with Gasteiger partial charge in [-0.3, -0.25) is 5.43 Å². The summed E-state index contributed by atoms with van der Waals surface area (Å²) >= 11 is 0. The summed E-state index contributed by atoms with van der Waals surface area (Å²) in [5.74, 6) is 0.392. The van der Waals surface area contributed by atoms with Crippen LogP contribution in [0.15, 0.2) is 58.3 Å². The minimum absolute atomic E-state index is 0.244. The van der Waals surface area contributed by atoms with Gasteiger partial charge in [0.1, 0.15) is 5.82 Å². The molecule has 0 fully saturated rings. The van der Waals surface area contributed by atoms with E-state index >= 15 is 0 Å². The van der Waals surface area contributed by atoms with Crippen LogP contribution in [0.25, 0.3) is 11.3 Å². The lowest BCUT2D eigenvalue weighted by Gasteiger charge is -2.09. The first kappa shape index (κ1) is 16.6. The first-order chi connectivity index (χ1) is 13.2. The largest absolute Gasteiger partial charge is 0.337 e. The molecular formula is C18H14FN7O. The van der Waals surface area contributed by atoms with Crippen LogP contribution in [-0.4, -0.2) is 26.5 Å². The molecule has 2 aromatic heterocycles. The van der Waals surface area contributed by atoms with Crippen molar-refractivity contribution in [3.8, 4) is 0 Å². The van der Waals surface area contributed by atoms with E-state index in [4.69, 9.17) is 0 Å². The zero-order chi connectivity index (χ0) is 18.6. The molecular weight excluding hydrogens is 349 g/mol. The Morgan fingerprint density at radius 3 is 2.56 bits per heavy atom. The second-order valence-corrected chi connectivity index (χ2v) is 5.75. The highest BCUT2D eigenvalue weighted by Crippen LogP contribution is 2.24. The first-order valence-corrected chi connectivity index (χ1v) is 8.06. The van der Waals surface area contributed by atoms with Crippen molar-refractivity contribution in [1.29, 1.82) is 0 Å². The Morgan fingerprint density at radius 2 is 1.78 bits per heavy atom. The number of benzene rings is 2. The van der Waals surface area contributed by atoms with E-state index in [1.165, 1.54) is 18.3 Å². The Labute approximate surface area is 153 Å². The van der Waals surface area contributed by atoms with Crippen molar-refractivity contribution in [1.82, 2.24) is 20.3 Å². The molecule has 0 bridgehead atoms. The Bertz CT molecular complexity index is 1130. The lowest BCUT2D eigenvalue weighted by atomic mass is 10.2. The fraction of sp³-hybridized carbons (Fsp3) is 0.0556. The van der Waals surface area contributed by atoms with Crippen LogP contribution in [0.4, 0.5) is 21.7 Å². The number of aromatic nitrogens is 4. The van der Waals surface area contributed by atoms with Crippen molar-refractivity contribution >= 4 is 34.8 Å². The molecule has 4 aromatic rings. The molecule has 4 rings (SSSR count). The normalized spacial score (nSPS) is 11.2. The molecule has 27 heavy (non-hydrogen) atoms. The lowest BCUT2D eigenvalue weighted by molar-refractivity contribution is 0.314. The Morgan fingerprint density at radius 1 is 1.00 bits per heavy atom. The average Bonchev–Trinajstić information content (AvgIpc) is 3.09. The Hall–Kier alpha value is -3.88. The van der Waals surface area contributed by atoms with Crippen LogP contribution in [0.5, 0.6) is 0 Å². The van der Waals surface area contributed by atoms with Gasteiger partial charge in [-0.2, -0.15) is 10.1 Å². The van der Waals surface area contributed by atoms with Gasteiger partial charge in [0, 0.05) is 5.69 Å². The SMILES string of the molecule is Cc1cccc(Nc2nc3nonc3nc2N/N=C\c2cccc(F)c2)c1. The van der Waals surface area contributed by atoms with Crippen LogP contribution >= 0.6 is 0 Å². The summed E-state index contributed by atoms with van der Waals surface area (Å²) in [5.41, 5.74) is 5.84. The molecule has 0 aliphatic heterocycles. The maximum atomic E-state index is 13.3. The Balaban J connectivity index is 1.63. The summed E-state index contributed by atoms with van der Waals surface area (Å²) in [5, 5.41) is 14.7. The van der Waals surface area contributed by atoms with Crippen LogP contribution in [0.3, 0.4) is 0 Å². The molecule has 0 amide bonds. The molecule has 134 valence electrons. The predicted molar refractivity (Wildman–Crippen MR) is 99.5 cm³/mol. The van der Waals surface area contributed by atoms with E-state index in [1.54, 1.807) is 12.1 Å². The highest BCUT2D eigenvalue weighted by atomic mass is 19.1. The van der Waals surface area contributed by atoms with E-state index in [9.17, 15) is 4.39 Å². The van der Waals surface area contributed by atoms with Gasteiger partial charge >= 0.3 is 0 Å². The molecule has 8 nitrogen and oxygen atoms in total.